The van der Waals surface area contributed by atoms with Gasteiger partial charge in [0.25, 0.3) is 0 Å². The first kappa shape index (κ1) is 20.5. The highest BCUT2D eigenvalue weighted by atomic mass is 16.5. The van der Waals surface area contributed by atoms with Crippen molar-refractivity contribution in [2.45, 2.75) is 53.2 Å². The Labute approximate surface area is 177 Å². The standard InChI is InChI=1S/C23H30N4O3/c1-6-29-20-8-7-17(11-21(20)28-5)13-26-10-9-19-18(14-26)22(25-27(19)15(2)3)23-24-12-16(4)30-23/h7-8,11-12,15H,6,9-10,13-14H2,1-5H3. The van der Waals surface area contributed by atoms with Crippen molar-refractivity contribution in [2.75, 3.05) is 20.3 Å². The van der Waals surface area contributed by atoms with Crippen LogP contribution in [0.5, 0.6) is 11.5 Å². The zero-order chi connectivity index (χ0) is 21.3. The summed E-state index contributed by atoms with van der Waals surface area (Å²) in [7, 11) is 1.68. The Morgan fingerprint density at radius 3 is 2.73 bits per heavy atom. The Kier molecular flexibility index (Phi) is 5.81. The molecule has 0 saturated heterocycles. The fourth-order valence-corrected chi connectivity index (χ4v) is 4.04. The maximum Gasteiger partial charge on any atom is 0.247 e. The predicted molar refractivity (Wildman–Crippen MR) is 115 cm³/mol. The van der Waals surface area contributed by atoms with E-state index in [0.29, 0.717) is 18.5 Å². The average Bonchev–Trinajstić information content (AvgIpc) is 3.32. The van der Waals surface area contributed by atoms with Crippen molar-refractivity contribution in [3.63, 3.8) is 0 Å². The minimum atomic E-state index is 0.297. The van der Waals surface area contributed by atoms with Gasteiger partial charge in [0, 0.05) is 43.4 Å². The summed E-state index contributed by atoms with van der Waals surface area (Å²) in [4.78, 5) is 6.87. The predicted octanol–water partition coefficient (Wildman–Crippen LogP) is 4.39. The van der Waals surface area contributed by atoms with Crippen LogP contribution in [0.2, 0.25) is 0 Å². The summed E-state index contributed by atoms with van der Waals surface area (Å²) < 4.78 is 19.1. The number of nitrogens with zero attached hydrogens (tertiary/aromatic N) is 4. The van der Waals surface area contributed by atoms with E-state index in [0.717, 1.165) is 49.0 Å². The van der Waals surface area contributed by atoms with E-state index in [-0.39, 0.29) is 0 Å². The molecular weight excluding hydrogens is 380 g/mol. The minimum Gasteiger partial charge on any atom is -0.493 e. The lowest BCUT2D eigenvalue weighted by Gasteiger charge is -2.28. The van der Waals surface area contributed by atoms with E-state index in [1.165, 1.54) is 16.8 Å². The molecule has 160 valence electrons. The van der Waals surface area contributed by atoms with Crippen molar-refractivity contribution in [2.24, 2.45) is 0 Å². The molecule has 0 amide bonds. The van der Waals surface area contributed by atoms with Gasteiger partial charge in [0.05, 0.1) is 19.9 Å². The van der Waals surface area contributed by atoms with Crippen LogP contribution in [-0.4, -0.2) is 39.9 Å². The van der Waals surface area contributed by atoms with Crippen LogP contribution in [-0.2, 0) is 19.5 Å². The molecule has 0 saturated carbocycles. The van der Waals surface area contributed by atoms with Crippen molar-refractivity contribution in [3.8, 4) is 23.1 Å². The summed E-state index contributed by atoms with van der Waals surface area (Å²) >= 11 is 0. The lowest BCUT2D eigenvalue weighted by Crippen LogP contribution is -2.31. The van der Waals surface area contributed by atoms with Gasteiger partial charge >= 0.3 is 0 Å². The van der Waals surface area contributed by atoms with Crippen molar-refractivity contribution in [3.05, 3.63) is 47.0 Å². The largest absolute Gasteiger partial charge is 0.493 e. The number of rotatable bonds is 7. The summed E-state index contributed by atoms with van der Waals surface area (Å²) in [6, 6.07) is 6.46. The zero-order valence-corrected chi connectivity index (χ0v) is 18.4. The van der Waals surface area contributed by atoms with Crippen LogP contribution < -0.4 is 9.47 Å². The molecule has 3 aromatic rings. The molecule has 2 aromatic heterocycles. The van der Waals surface area contributed by atoms with E-state index >= 15 is 0 Å². The molecular formula is C23H30N4O3. The lowest BCUT2D eigenvalue weighted by atomic mass is 10.0. The average molecular weight is 411 g/mol. The third-order valence-corrected chi connectivity index (χ3v) is 5.41. The third-order valence-electron chi connectivity index (χ3n) is 5.41. The van der Waals surface area contributed by atoms with E-state index in [4.69, 9.17) is 19.0 Å². The van der Waals surface area contributed by atoms with Crippen LogP contribution in [0.4, 0.5) is 0 Å². The summed E-state index contributed by atoms with van der Waals surface area (Å²) in [6.07, 6.45) is 2.71. The van der Waals surface area contributed by atoms with Gasteiger partial charge in [-0.05, 0) is 45.4 Å². The van der Waals surface area contributed by atoms with E-state index in [9.17, 15) is 0 Å². The zero-order valence-electron chi connectivity index (χ0n) is 18.4. The molecule has 0 spiro atoms. The number of ether oxygens (including phenoxy) is 2. The highest BCUT2D eigenvalue weighted by Crippen LogP contribution is 2.33. The Bertz CT molecular complexity index is 1020. The van der Waals surface area contributed by atoms with Crippen LogP contribution in [0.25, 0.3) is 11.6 Å². The van der Waals surface area contributed by atoms with Crippen LogP contribution in [0, 0.1) is 6.92 Å². The van der Waals surface area contributed by atoms with Gasteiger partial charge in [-0.1, -0.05) is 6.07 Å². The Balaban J connectivity index is 1.60. The smallest absolute Gasteiger partial charge is 0.247 e. The fraction of sp³-hybridized carbons (Fsp3) is 0.478. The Hall–Kier alpha value is -2.80. The molecule has 0 atom stereocenters. The molecule has 0 unspecified atom stereocenters. The molecule has 0 radical (unpaired) electrons. The maximum atomic E-state index is 5.81. The van der Waals surface area contributed by atoms with Crippen LogP contribution in [0.3, 0.4) is 0 Å². The van der Waals surface area contributed by atoms with Gasteiger partial charge in [0.15, 0.2) is 17.2 Å². The molecule has 3 heterocycles. The highest BCUT2D eigenvalue weighted by molar-refractivity contribution is 5.56. The van der Waals surface area contributed by atoms with Crippen LogP contribution >= 0.6 is 0 Å². The molecule has 0 N–H and O–H groups in total. The quantitative estimate of drug-likeness (QED) is 0.575. The number of aromatic nitrogens is 3. The summed E-state index contributed by atoms with van der Waals surface area (Å²) in [5.74, 6) is 2.96. The van der Waals surface area contributed by atoms with Crippen LogP contribution in [0.1, 0.15) is 49.4 Å². The second-order valence-corrected chi connectivity index (χ2v) is 7.97. The van der Waals surface area contributed by atoms with Gasteiger partial charge in [-0.25, -0.2) is 4.98 Å². The SMILES string of the molecule is CCOc1ccc(CN2CCc3c(c(-c4ncc(C)o4)nn3C(C)C)C2)cc1OC. The first-order valence-electron chi connectivity index (χ1n) is 10.5. The summed E-state index contributed by atoms with van der Waals surface area (Å²) in [5.41, 5.74) is 4.57. The van der Waals surface area contributed by atoms with Crippen molar-refractivity contribution in [1.82, 2.24) is 19.7 Å². The Morgan fingerprint density at radius 2 is 2.07 bits per heavy atom. The topological polar surface area (TPSA) is 65.5 Å². The first-order chi connectivity index (χ1) is 14.5. The van der Waals surface area contributed by atoms with Crippen LogP contribution in [0.15, 0.2) is 28.8 Å². The van der Waals surface area contributed by atoms with E-state index in [1.54, 1.807) is 13.3 Å². The molecule has 1 aromatic carbocycles. The van der Waals surface area contributed by atoms with Gasteiger partial charge in [-0.3, -0.25) is 9.58 Å². The van der Waals surface area contributed by atoms with E-state index in [2.05, 4.69) is 40.5 Å². The van der Waals surface area contributed by atoms with Crippen molar-refractivity contribution < 1.29 is 13.9 Å². The van der Waals surface area contributed by atoms with Gasteiger partial charge in [0.1, 0.15) is 5.76 Å². The number of benzene rings is 1. The normalized spacial score (nSPS) is 14.2. The number of methoxy groups -OCH3 is 1. The first-order valence-corrected chi connectivity index (χ1v) is 10.5. The highest BCUT2D eigenvalue weighted by Gasteiger charge is 2.28. The van der Waals surface area contributed by atoms with E-state index < -0.39 is 0 Å². The van der Waals surface area contributed by atoms with E-state index in [1.807, 2.05) is 19.9 Å². The number of hydrogen-bond donors (Lipinski definition) is 0. The second kappa shape index (κ2) is 8.52. The fourth-order valence-electron chi connectivity index (χ4n) is 4.04. The molecule has 0 fully saturated rings. The maximum absolute atomic E-state index is 5.81. The van der Waals surface area contributed by atoms with Gasteiger partial charge in [-0.2, -0.15) is 5.10 Å². The van der Waals surface area contributed by atoms with Gasteiger partial charge in [-0.15, -0.1) is 0 Å². The van der Waals surface area contributed by atoms with Crippen molar-refractivity contribution in [1.29, 1.82) is 0 Å². The molecule has 1 aliphatic heterocycles. The molecule has 7 nitrogen and oxygen atoms in total. The number of aryl methyl sites for hydroxylation is 1. The lowest BCUT2D eigenvalue weighted by molar-refractivity contribution is 0.240. The number of hydrogen-bond acceptors (Lipinski definition) is 6. The molecule has 7 heteroatoms. The second-order valence-electron chi connectivity index (χ2n) is 7.97. The summed E-state index contributed by atoms with van der Waals surface area (Å²) in [5, 5.41) is 4.87. The molecule has 30 heavy (non-hydrogen) atoms. The van der Waals surface area contributed by atoms with Crippen molar-refractivity contribution >= 4 is 0 Å². The third kappa shape index (κ3) is 3.94. The monoisotopic (exact) mass is 410 g/mol. The molecule has 1 aliphatic rings. The summed E-state index contributed by atoms with van der Waals surface area (Å²) in [6.45, 7) is 11.5. The minimum absolute atomic E-state index is 0.297. The van der Waals surface area contributed by atoms with Gasteiger partial charge in [0.2, 0.25) is 5.89 Å². The molecule has 0 bridgehead atoms. The van der Waals surface area contributed by atoms with Gasteiger partial charge < -0.3 is 13.9 Å². The molecule has 0 aliphatic carbocycles. The Morgan fingerprint density at radius 1 is 1.23 bits per heavy atom. The number of fused-ring (bicyclic) bond motifs is 1. The number of oxazole rings is 1. The molecule has 4 rings (SSSR count).